The van der Waals surface area contributed by atoms with Gasteiger partial charge < -0.3 is 14.6 Å². The van der Waals surface area contributed by atoms with Crippen molar-refractivity contribution < 1.29 is 14.6 Å². The minimum atomic E-state index is -0.435. The predicted molar refractivity (Wildman–Crippen MR) is 82.5 cm³/mol. The van der Waals surface area contributed by atoms with Crippen molar-refractivity contribution >= 4 is 0 Å². The topological polar surface area (TPSA) is 38.7 Å². The highest BCUT2D eigenvalue weighted by molar-refractivity contribution is 5.47. The number of aliphatic hydroxyl groups is 1. The first kappa shape index (κ1) is 16.8. The van der Waals surface area contributed by atoms with E-state index in [4.69, 9.17) is 9.47 Å². The van der Waals surface area contributed by atoms with Gasteiger partial charge in [0.05, 0.1) is 20.3 Å². The Kier molecular flexibility index (Phi) is 6.86. The summed E-state index contributed by atoms with van der Waals surface area (Å²) in [6.45, 7) is 6.34. The van der Waals surface area contributed by atoms with Crippen molar-refractivity contribution in [1.82, 2.24) is 0 Å². The van der Waals surface area contributed by atoms with Gasteiger partial charge in [0, 0.05) is 0 Å². The number of aryl methyl sites for hydroxylation is 1. The van der Waals surface area contributed by atoms with Crippen LogP contribution in [0.5, 0.6) is 11.5 Å². The molecule has 0 aliphatic heterocycles. The van der Waals surface area contributed by atoms with Crippen molar-refractivity contribution in [2.24, 2.45) is 5.92 Å². The highest BCUT2D eigenvalue weighted by Crippen LogP contribution is 2.37. The van der Waals surface area contributed by atoms with Crippen LogP contribution in [0.3, 0.4) is 0 Å². The molecule has 0 spiro atoms. The fourth-order valence-corrected chi connectivity index (χ4v) is 2.77. The molecule has 0 radical (unpaired) electrons. The van der Waals surface area contributed by atoms with E-state index >= 15 is 0 Å². The van der Waals surface area contributed by atoms with Crippen molar-refractivity contribution in [2.45, 2.75) is 52.6 Å². The van der Waals surface area contributed by atoms with Gasteiger partial charge in [0.1, 0.15) is 0 Å². The van der Waals surface area contributed by atoms with Crippen LogP contribution in [0, 0.1) is 12.8 Å². The quantitative estimate of drug-likeness (QED) is 0.773. The van der Waals surface area contributed by atoms with Gasteiger partial charge in [-0.15, -0.1) is 0 Å². The molecule has 114 valence electrons. The van der Waals surface area contributed by atoms with Crippen LogP contribution in [0.15, 0.2) is 12.1 Å². The summed E-state index contributed by atoms with van der Waals surface area (Å²) in [6.07, 6.45) is 3.84. The highest BCUT2D eigenvalue weighted by Gasteiger charge is 2.22. The van der Waals surface area contributed by atoms with E-state index in [2.05, 4.69) is 13.8 Å². The number of methoxy groups -OCH3 is 2. The Morgan fingerprint density at radius 2 is 1.50 bits per heavy atom. The molecule has 0 aliphatic rings. The minimum Gasteiger partial charge on any atom is -0.493 e. The lowest BCUT2D eigenvalue weighted by Gasteiger charge is -2.25. The molecule has 1 unspecified atom stereocenters. The molecule has 1 rings (SSSR count). The predicted octanol–water partition coefficient (Wildman–Crippen LogP) is 4.26. The fraction of sp³-hybridized carbons (Fsp3) is 0.647. The molecule has 1 aromatic carbocycles. The number of benzene rings is 1. The van der Waals surface area contributed by atoms with Gasteiger partial charge in [-0.25, -0.2) is 0 Å². The molecule has 0 aromatic heterocycles. The second-order valence-electron chi connectivity index (χ2n) is 5.35. The molecule has 0 aliphatic carbocycles. The van der Waals surface area contributed by atoms with Crippen molar-refractivity contribution in [2.75, 3.05) is 14.2 Å². The van der Waals surface area contributed by atoms with Crippen LogP contribution in [0.4, 0.5) is 0 Å². The van der Waals surface area contributed by atoms with Crippen LogP contribution in [-0.4, -0.2) is 19.3 Å². The average Bonchev–Trinajstić information content (AvgIpc) is 2.46. The van der Waals surface area contributed by atoms with E-state index in [0.29, 0.717) is 17.4 Å². The second-order valence-corrected chi connectivity index (χ2v) is 5.35. The standard InChI is InChI=1S/C17H28O3/c1-6-8-13(9-7-2)17(18)14-11-16(20-5)15(19-4)10-12(14)3/h10-11,13,17-18H,6-9H2,1-5H3. The van der Waals surface area contributed by atoms with E-state index in [9.17, 15) is 5.11 Å². The van der Waals surface area contributed by atoms with E-state index in [1.54, 1.807) is 14.2 Å². The minimum absolute atomic E-state index is 0.307. The molecule has 20 heavy (non-hydrogen) atoms. The zero-order valence-corrected chi connectivity index (χ0v) is 13.4. The lowest BCUT2D eigenvalue weighted by Crippen LogP contribution is -2.14. The number of ether oxygens (including phenoxy) is 2. The summed E-state index contributed by atoms with van der Waals surface area (Å²) in [6, 6.07) is 3.85. The van der Waals surface area contributed by atoms with E-state index in [0.717, 1.165) is 36.8 Å². The molecule has 1 atom stereocenters. The van der Waals surface area contributed by atoms with E-state index in [1.165, 1.54) is 0 Å². The third-order valence-electron chi connectivity index (χ3n) is 3.86. The fourth-order valence-electron chi connectivity index (χ4n) is 2.77. The number of rotatable bonds is 8. The molecule has 0 saturated carbocycles. The van der Waals surface area contributed by atoms with Crippen LogP contribution >= 0.6 is 0 Å². The summed E-state index contributed by atoms with van der Waals surface area (Å²) < 4.78 is 10.6. The maximum atomic E-state index is 10.7. The molecule has 0 saturated heterocycles. The van der Waals surface area contributed by atoms with Gasteiger partial charge in [-0.1, -0.05) is 26.7 Å². The van der Waals surface area contributed by atoms with E-state index in [1.807, 2.05) is 19.1 Å². The van der Waals surface area contributed by atoms with Crippen molar-refractivity contribution in [3.63, 3.8) is 0 Å². The van der Waals surface area contributed by atoms with Gasteiger partial charge in [0.15, 0.2) is 11.5 Å². The smallest absolute Gasteiger partial charge is 0.161 e. The molecular formula is C17H28O3. The molecule has 1 N–H and O–H groups in total. The Hall–Kier alpha value is -1.22. The first-order valence-electron chi connectivity index (χ1n) is 7.49. The molecule has 3 heteroatoms. The van der Waals surface area contributed by atoms with E-state index < -0.39 is 6.10 Å². The van der Waals surface area contributed by atoms with Crippen molar-refractivity contribution in [3.05, 3.63) is 23.3 Å². The summed E-state index contributed by atoms with van der Waals surface area (Å²) in [5.41, 5.74) is 2.00. The number of hydrogen-bond acceptors (Lipinski definition) is 3. The van der Waals surface area contributed by atoms with Gasteiger partial charge in [-0.05, 0) is 48.9 Å². The molecule has 0 heterocycles. The zero-order valence-electron chi connectivity index (χ0n) is 13.4. The summed E-state index contributed by atoms with van der Waals surface area (Å²) in [4.78, 5) is 0. The summed E-state index contributed by atoms with van der Waals surface area (Å²) >= 11 is 0. The van der Waals surface area contributed by atoms with Gasteiger partial charge in [-0.2, -0.15) is 0 Å². The van der Waals surface area contributed by atoms with E-state index in [-0.39, 0.29) is 0 Å². The maximum absolute atomic E-state index is 10.7. The molecule has 0 amide bonds. The third kappa shape index (κ3) is 3.89. The molecule has 0 bridgehead atoms. The SMILES string of the molecule is CCCC(CCC)C(O)c1cc(OC)c(OC)cc1C. The highest BCUT2D eigenvalue weighted by atomic mass is 16.5. The Morgan fingerprint density at radius 1 is 1.00 bits per heavy atom. The van der Waals surface area contributed by atoms with Gasteiger partial charge >= 0.3 is 0 Å². The Bertz CT molecular complexity index is 409. The zero-order chi connectivity index (χ0) is 15.1. The first-order chi connectivity index (χ1) is 9.58. The van der Waals surface area contributed by atoms with Gasteiger partial charge in [-0.3, -0.25) is 0 Å². The number of aliphatic hydroxyl groups excluding tert-OH is 1. The summed E-state index contributed by atoms with van der Waals surface area (Å²) in [5.74, 6) is 1.70. The van der Waals surface area contributed by atoms with Crippen molar-refractivity contribution in [1.29, 1.82) is 0 Å². The maximum Gasteiger partial charge on any atom is 0.161 e. The average molecular weight is 280 g/mol. The normalized spacial score (nSPS) is 12.6. The second kappa shape index (κ2) is 8.15. The Morgan fingerprint density at radius 3 is 1.95 bits per heavy atom. The largest absolute Gasteiger partial charge is 0.493 e. The Labute approximate surface area is 122 Å². The molecular weight excluding hydrogens is 252 g/mol. The summed E-state index contributed by atoms with van der Waals surface area (Å²) in [5, 5.41) is 10.7. The van der Waals surface area contributed by atoms with Gasteiger partial charge in [0.2, 0.25) is 0 Å². The Balaban J connectivity index is 3.09. The van der Waals surface area contributed by atoms with Crippen LogP contribution in [0.1, 0.15) is 56.8 Å². The monoisotopic (exact) mass is 280 g/mol. The third-order valence-corrected chi connectivity index (χ3v) is 3.86. The van der Waals surface area contributed by atoms with Crippen molar-refractivity contribution in [3.8, 4) is 11.5 Å². The van der Waals surface area contributed by atoms with Crippen LogP contribution in [0.25, 0.3) is 0 Å². The lowest BCUT2D eigenvalue weighted by molar-refractivity contribution is 0.0955. The van der Waals surface area contributed by atoms with Crippen LogP contribution in [0.2, 0.25) is 0 Å². The molecule has 1 aromatic rings. The van der Waals surface area contributed by atoms with Gasteiger partial charge in [0.25, 0.3) is 0 Å². The van der Waals surface area contributed by atoms with Crippen LogP contribution < -0.4 is 9.47 Å². The van der Waals surface area contributed by atoms with Crippen LogP contribution in [-0.2, 0) is 0 Å². The summed E-state index contributed by atoms with van der Waals surface area (Å²) in [7, 11) is 3.25. The number of hydrogen-bond donors (Lipinski definition) is 1. The lowest BCUT2D eigenvalue weighted by atomic mass is 9.86. The first-order valence-corrected chi connectivity index (χ1v) is 7.49. The molecule has 3 nitrogen and oxygen atoms in total. The molecule has 0 fully saturated rings.